The van der Waals surface area contributed by atoms with Crippen molar-refractivity contribution in [1.82, 2.24) is 15.5 Å². The van der Waals surface area contributed by atoms with Crippen LogP contribution in [0.25, 0.3) is 33.3 Å². The molecule has 0 unspecified atom stereocenters. The Morgan fingerprint density at radius 1 is 1.15 bits per heavy atom. The summed E-state index contributed by atoms with van der Waals surface area (Å²) >= 11 is 0. The molecule has 0 spiro atoms. The summed E-state index contributed by atoms with van der Waals surface area (Å²) in [6.45, 7) is 4.09. The number of nitrogens with zero attached hydrogens (tertiary/aromatic N) is 2. The summed E-state index contributed by atoms with van der Waals surface area (Å²) in [5.41, 5.74) is 6.99. The highest BCUT2D eigenvalue weighted by atomic mass is 19.1. The van der Waals surface area contributed by atoms with E-state index in [4.69, 9.17) is 4.74 Å². The van der Waals surface area contributed by atoms with E-state index >= 15 is 4.39 Å². The van der Waals surface area contributed by atoms with Gasteiger partial charge in [0.15, 0.2) is 0 Å². The van der Waals surface area contributed by atoms with Crippen molar-refractivity contribution < 1.29 is 9.13 Å². The number of aromatic amines is 1. The Hall–Kier alpha value is -3.53. The van der Waals surface area contributed by atoms with Crippen LogP contribution in [0.4, 0.5) is 4.39 Å². The molecule has 1 aromatic heterocycles. The first kappa shape index (κ1) is 22.3. The Balaban J connectivity index is 1.58. The van der Waals surface area contributed by atoms with Crippen molar-refractivity contribution in [3.8, 4) is 28.5 Å². The molecule has 1 aliphatic rings. The minimum atomic E-state index is -0.327. The SMILES string of the molecule is CNCc1cc(C)c(-c2cc3c(-c4ccc(C5CCOCC5)cc4)n[nH]c3cc2C#N)c(F)c1. The third-order valence-corrected chi connectivity index (χ3v) is 6.70. The Labute approximate surface area is 198 Å². The van der Waals surface area contributed by atoms with Crippen molar-refractivity contribution in [2.45, 2.75) is 32.2 Å². The zero-order chi connectivity index (χ0) is 23.7. The number of benzene rings is 3. The number of hydrogen-bond donors (Lipinski definition) is 2. The Morgan fingerprint density at radius 3 is 2.59 bits per heavy atom. The molecule has 0 aliphatic carbocycles. The van der Waals surface area contributed by atoms with Crippen molar-refractivity contribution in [3.63, 3.8) is 0 Å². The zero-order valence-corrected chi connectivity index (χ0v) is 19.4. The summed E-state index contributed by atoms with van der Waals surface area (Å²) < 4.78 is 20.7. The first-order chi connectivity index (χ1) is 16.6. The molecule has 1 saturated heterocycles. The number of aromatic nitrogens is 2. The van der Waals surface area contributed by atoms with Gasteiger partial charge in [-0.05, 0) is 67.6 Å². The van der Waals surface area contributed by atoms with E-state index in [1.54, 1.807) is 6.07 Å². The molecule has 34 heavy (non-hydrogen) atoms. The van der Waals surface area contributed by atoms with Gasteiger partial charge in [-0.15, -0.1) is 0 Å². The molecule has 1 aliphatic heterocycles. The van der Waals surface area contributed by atoms with Gasteiger partial charge in [0.05, 0.1) is 22.8 Å². The van der Waals surface area contributed by atoms with Gasteiger partial charge >= 0.3 is 0 Å². The summed E-state index contributed by atoms with van der Waals surface area (Å²) in [4.78, 5) is 0. The number of aryl methyl sites for hydroxylation is 1. The number of fused-ring (bicyclic) bond motifs is 1. The molecule has 2 heterocycles. The van der Waals surface area contributed by atoms with E-state index in [2.05, 4.69) is 45.8 Å². The van der Waals surface area contributed by atoms with E-state index < -0.39 is 0 Å². The number of nitrogens with one attached hydrogen (secondary N) is 2. The van der Waals surface area contributed by atoms with Crippen molar-refractivity contribution in [1.29, 1.82) is 5.26 Å². The third-order valence-electron chi connectivity index (χ3n) is 6.70. The highest BCUT2D eigenvalue weighted by Crippen LogP contribution is 2.37. The van der Waals surface area contributed by atoms with E-state index in [0.29, 0.717) is 29.2 Å². The van der Waals surface area contributed by atoms with Crippen LogP contribution in [0, 0.1) is 24.1 Å². The van der Waals surface area contributed by atoms with Crippen LogP contribution >= 0.6 is 0 Å². The highest BCUT2D eigenvalue weighted by molar-refractivity contribution is 5.97. The Morgan fingerprint density at radius 2 is 1.91 bits per heavy atom. The zero-order valence-electron chi connectivity index (χ0n) is 19.4. The fourth-order valence-electron chi connectivity index (χ4n) is 4.99. The second-order valence-corrected chi connectivity index (χ2v) is 8.94. The second kappa shape index (κ2) is 9.38. The fourth-order valence-corrected chi connectivity index (χ4v) is 4.99. The first-order valence-corrected chi connectivity index (χ1v) is 11.6. The molecule has 2 N–H and O–H groups in total. The average Bonchev–Trinajstić information content (AvgIpc) is 3.27. The molecule has 1 fully saturated rings. The van der Waals surface area contributed by atoms with Crippen LogP contribution < -0.4 is 5.32 Å². The van der Waals surface area contributed by atoms with Crippen LogP contribution in [0.2, 0.25) is 0 Å². The minimum absolute atomic E-state index is 0.327. The lowest BCUT2D eigenvalue weighted by Crippen LogP contribution is -2.13. The minimum Gasteiger partial charge on any atom is -0.381 e. The second-order valence-electron chi connectivity index (χ2n) is 8.94. The van der Waals surface area contributed by atoms with E-state index in [-0.39, 0.29) is 5.82 Å². The molecule has 5 rings (SSSR count). The maximum absolute atomic E-state index is 15.2. The summed E-state index contributed by atoms with van der Waals surface area (Å²) in [6, 6.07) is 17.9. The van der Waals surface area contributed by atoms with Gasteiger partial charge in [0.2, 0.25) is 0 Å². The number of ether oxygens (including phenoxy) is 1. The Kier molecular flexibility index (Phi) is 6.14. The average molecular weight is 455 g/mol. The molecule has 0 atom stereocenters. The molecule has 0 saturated carbocycles. The number of H-pyrrole nitrogens is 1. The third kappa shape index (κ3) is 4.09. The van der Waals surface area contributed by atoms with Crippen LogP contribution in [0.5, 0.6) is 0 Å². The fraction of sp³-hybridized carbons (Fsp3) is 0.286. The summed E-state index contributed by atoms with van der Waals surface area (Å²) in [7, 11) is 1.83. The standard InChI is InChI=1S/C28H27FN4O/c1-17-11-18(16-31-2)12-25(29)27(17)23-14-24-26(13-22(23)15-30)32-33-28(24)21-5-3-19(4-6-21)20-7-9-34-10-8-20/h3-6,11-14,20,31H,7-10,16H2,1-2H3,(H,32,33). The monoisotopic (exact) mass is 454 g/mol. The number of halogens is 1. The van der Waals surface area contributed by atoms with E-state index in [1.165, 1.54) is 11.6 Å². The first-order valence-electron chi connectivity index (χ1n) is 11.6. The quantitative estimate of drug-likeness (QED) is 0.398. The van der Waals surface area contributed by atoms with Crippen LogP contribution in [-0.2, 0) is 11.3 Å². The van der Waals surface area contributed by atoms with Crippen molar-refractivity contribution in [3.05, 3.63) is 76.6 Å². The van der Waals surface area contributed by atoms with Gasteiger partial charge in [-0.25, -0.2) is 4.39 Å². The van der Waals surface area contributed by atoms with E-state index in [1.807, 2.05) is 26.1 Å². The van der Waals surface area contributed by atoms with E-state index in [0.717, 1.165) is 59.3 Å². The molecule has 3 aromatic carbocycles. The van der Waals surface area contributed by atoms with Crippen LogP contribution in [0.1, 0.15) is 41.0 Å². The largest absolute Gasteiger partial charge is 0.381 e. The van der Waals surface area contributed by atoms with Crippen LogP contribution in [0.3, 0.4) is 0 Å². The molecule has 6 heteroatoms. The van der Waals surface area contributed by atoms with Gasteiger partial charge < -0.3 is 10.1 Å². The lowest BCUT2D eigenvalue weighted by atomic mass is 9.90. The predicted octanol–water partition coefficient (Wildman–Crippen LogP) is 5.83. The van der Waals surface area contributed by atoms with Crippen molar-refractivity contribution in [2.24, 2.45) is 0 Å². The molecule has 0 radical (unpaired) electrons. The Bertz CT molecular complexity index is 1360. The predicted molar refractivity (Wildman–Crippen MR) is 132 cm³/mol. The molecule has 172 valence electrons. The normalized spacial score (nSPS) is 14.4. The summed E-state index contributed by atoms with van der Waals surface area (Å²) in [5, 5.41) is 21.3. The van der Waals surface area contributed by atoms with Crippen LogP contribution in [-0.4, -0.2) is 30.5 Å². The number of hydrogen-bond acceptors (Lipinski definition) is 4. The number of rotatable bonds is 5. The van der Waals surface area contributed by atoms with Gasteiger partial charge in [-0.2, -0.15) is 10.4 Å². The topological polar surface area (TPSA) is 73.7 Å². The van der Waals surface area contributed by atoms with Crippen molar-refractivity contribution >= 4 is 10.9 Å². The number of nitriles is 1. The van der Waals surface area contributed by atoms with Gasteiger partial charge in [0.25, 0.3) is 0 Å². The smallest absolute Gasteiger partial charge is 0.131 e. The van der Waals surface area contributed by atoms with Gasteiger partial charge in [-0.3, -0.25) is 5.10 Å². The lowest BCUT2D eigenvalue weighted by molar-refractivity contribution is 0.0853. The summed E-state index contributed by atoms with van der Waals surface area (Å²) in [5.74, 6) is 0.201. The van der Waals surface area contributed by atoms with E-state index in [9.17, 15) is 5.26 Å². The molecule has 4 aromatic rings. The molecule has 5 nitrogen and oxygen atoms in total. The maximum atomic E-state index is 15.2. The van der Waals surface area contributed by atoms with Crippen molar-refractivity contribution in [2.75, 3.05) is 20.3 Å². The molecule has 0 bridgehead atoms. The summed E-state index contributed by atoms with van der Waals surface area (Å²) in [6.07, 6.45) is 2.09. The highest BCUT2D eigenvalue weighted by Gasteiger charge is 2.19. The van der Waals surface area contributed by atoms with Crippen LogP contribution in [0.15, 0.2) is 48.5 Å². The molecule has 0 amide bonds. The molecular weight excluding hydrogens is 427 g/mol. The maximum Gasteiger partial charge on any atom is 0.131 e. The van der Waals surface area contributed by atoms with Gasteiger partial charge in [0.1, 0.15) is 5.82 Å². The van der Waals surface area contributed by atoms with Gasteiger partial charge in [0, 0.05) is 41.8 Å². The molecular formula is C28H27FN4O. The lowest BCUT2D eigenvalue weighted by Gasteiger charge is -2.22. The van der Waals surface area contributed by atoms with Gasteiger partial charge in [-0.1, -0.05) is 30.3 Å².